The van der Waals surface area contributed by atoms with Crippen molar-refractivity contribution in [3.8, 4) is 0 Å². The number of nitrogens with zero attached hydrogens (tertiary/aromatic N) is 1. The lowest BCUT2D eigenvalue weighted by molar-refractivity contribution is -0.142. The quantitative estimate of drug-likeness (QED) is 0.815. The van der Waals surface area contributed by atoms with E-state index in [1.807, 2.05) is 0 Å². The molecule has 0 spiro atoms. The van der Waals surface area contributed by atoms with Crippen LogP contribution >= 0.6 is 0 Å². The van der Waals surface area contributed by atoms with E-state index in [0.29, 0.717) is 23.8 Å². The lowest BCUT2D eigenvalue weighted by Gasteiger charge is -2.42. The Labute approximate surface area is 105 Å². The second-order valence-corrected chi connectivity index (χ2v) is 5.60. The molecule has 0 heterocycles. The maximum Gasteiger partial charge on any atom is 0.225 e. The SMILES string of the molecule is CCN(C(=O)C1CCC1)C1CCCCC1CN. The summed E-state index contributed by atoms with van der Waals surface area (Å²) in [5.74, 6) is 1.27. The Morgan fingerprint density at radius 3 is 2.41 bits per heavy atom. The van der Waals surface area contributed by atoms with E-state index < -0.39 is 0 Å². The van der Waals surface area contributed by atoms with Crippen molar-refractivity contribution in [3.63, 3.8) is 0 Å². The molecule has 2 N–H and O–H groups in total. The van der Waals surface area contributed by atoms with Gasteiger partial charge in [-0.3, -0.25) is 4.79 Å². The molecule has 0 aromatic rings. The van der Waals surface area contributed by atoms with Crippen molar-refractivity contribution in [2.45, 2.75) is 57.9 Å². The lowest BCUT2D eigenvalue weighted by Crippen LogP contribution is -2.50. The van der Waals surface area contributed by atoms with Crippen LogP contribution in [0.4, 0.5) is 0 Å². The van der Waals surface area contributed by atoms with Crippen LogP contribution < -0.4 is 5.73 Å². The van der Waals surface area contributed by atoms with Gasteiger partial charge in [-0.05, 0) is 45.1 Å². The average Bonchev–Trinajstić information content (AvgIpc) is 2.28. The van der Waals surface area contributed by atoms with Crippen LogP contribution in [0.2, 0.25) is 0 Å². The Morgan fingerprint density at radius 1 is 1.18 bits per heavy atom. The van der Waals surface area contributed by atoms with Gasteiger partial charge in [-0.25, -0.2) is 0 Å². The van der Waals surface area contributed by atoms with Gasteiger partial charge in [-0.1, -0.05) is 19.3 Å². The molecule has 2 saturated carbocycles. The molecule has 3 heteroatoms. The summed E-state index contributed by atoms with van der Waals surface area (Å²) in [6.07, 6.45) is 8.36. The summed E-state index contributed by atoms with van der Waals surface area (Å²) in [6, 6.07) is 0.423. The minimum absolute atomic E-state index is 0.329. The van der Waals surface area contributed by atoms with E-state index in [9.17, 15) is 4.79 Å². The van der Waals surface area contributed by atoms with E-state index in [2.05, 4.69) is 11.8 Å². The van der Waals surface area contributed by atoms with Gasteiger partial charge in [-0.15, -0.1) is 0 Å². The van der Waals surface area contributed by atoms with Gasteiger partial charge in [0.05, 0.1) is 0 Å². The summed E-state index contributed by atoms with van der Waals surface area (Å²) in [5, 5.41) is 0. The highest BCUT2D eigenvalue weighted by Gasteiger charge is 2.35. The van der Waals surface area contributed by atoms with E-state index >= 15 is 0 Å². The largest absolute Gasteiger partial charge is 0.339 e. The predicted molar refractivity (Wildman–Crippen MR) is 69.5 cm³/mol. The monoisotopic (exact) mass is 238 g/mol. The highest BCUT2D eigenvalue weighted by Crippen LogP contribution is 2.33. The van der Waals surface area contributed by atoms with Crippen LogP contribution in [0.25, 0.3) is 0 Å². The molecule has 3 nitrogen and oxygen atoms in total. The zero-order chi connectivity index (χ0) is 12.3. The third-order valence-electron chi connectivity index (χ3n) is 4.65. The number of nitrogens with two attached hydrogens (primary N) is 1. The average molecular weight is 238 g/mol. The van der Waals surface area contributed by atoms with Gasteiger partial charge in [0.1, 0.15) is 0 Å². The first-order chi connectivity index (χ1) is 8.27. The summed E-state index contributed by atoms with van der Waals surface area (Å²) in [6.45, 7) is 3.70. The molecule has 1 amide bonds. The summed E-state index contributed by atoms with van der Waals surface area (Å²) in [7, 11) is 0. The molecular weight excluding hydrogens is 212 g/mol. The first-order valence-corrected chi connectivity index (χ1v) is 7.28. The third-order valence-corrected chi connectivity index (χ3v) is 4.65. The summed E-state index contributed by atoms with van der Waals surface area (Å²) in [4.78, 5) is 14.5. The highest BCUT2D eigenvalue weighted by molar-refractivity contribution is 5.80. The molecule has 2 fully saturated rings. The van der Waals surface area contributed by atoms with Gasteiger partial charge in [0.2, 0.25) is 5.91 Å². The normalized spacial score (nSPS) is 29.8. The molecule has 0 aromatic heterocycles. The van der Waals surface area contributed by atoms with Crippen molar-refractivity contribution in [3.05, 3.63) is 0 Å². The number of carbonyl (C=O) groups excluding carboxylic acids is 1. The van der Waals surface area contributed by atoms with E-state index in [0.717, 1.165) is 32.4 Å². The Hall–Kier alpha value is -0.570. The van der Waals surface area contributed by atoms with Crippen LogP contribution in [0, 0.1) is 11.8 Å². The van der Waals surface area contributed by atoms with Crippen LogP contribution in [0.3, 0.4) is 0 Å². The van der Waals surface area contributed by atoms with E-state index in [1.165, 1.54) is 25.7 Å². The predicted octanol–water partition coefficient (Wildman–Crippen LogP) is 2.15. The topological polar surface area (TPSA) is 46.3 Å². The second-order valence-electron chi connectivity index (χ2n) is 5.60. The summed E-state index contributed by atoms with van der Waals surface area (Å²) in [5.41, 5.74) is 5.87. The van der Waals surface area contributed by atoms with Gasteiger partial charge < -0.3 is 10.6 Å². The zero-order valence-electron chi connectivity index (χ0n) is 11.0. The van der Waals surface area contributed by atoms with Crippen LogP contribution in [0.15, 0.2) is 0 Å². The number of carbonyl (C=O) groups is 1. The molecule has 0 saturated heterocycles. The first kappa shape index (κ1) is 12.9. The van der Waals surface area contributed by atoms with Crippen LogP contribution in [-0.2, 0) is 4.79 Å². The van der Waals surface area contributed by atoms with Gasteiger partial charge in [0.25, 0.3) is 0 Å². The number of rotatable bonds is 4. The van der Waals surface area contributed by atoms with Crippen molar-refractivity contribution in [2.75, 3.05) is 13.1 Å². The molecular formula is C14H26N2O. The molecule has 98 valence electrons. The zero-order valence-corrected chi connectivity index (χ0v) is 11.0. The number of hydrogen-bond acceptors (Lipinski definition) is 2. The molecule has 2 aliphatic carbocycles. The molecule has 0 aromatic carbocycles. The number of hydrogen-bond donors (Lipinski definition) is 1. The minimum Gasteiger partial charge on any atom is -0.339 e. The van der Waals surface area contributed by atoms with E-state index in [1.54, 1.807) is 0 Å². The standard InChI is InChI=1S/C14H26N2O/c1-2-16(14(17)11-7-5-8-11)13-9-4-3-6-12(13)10-15/h11-13H,2-10,15H2,1H3. The van der Waals surface area contributed by atoms with Gasteiger partial charge in [0, 0.05) is 18.5 Å². The molecule has 0 bridgehead atoms. The van der Waals surface area contributed by atoms with Crippen molar-refractivity contribution in [1.82, 2.24) is 4.90 Å². The maximum absolute atomic E-state index is 12.4. The van der Waals surface area contributed by atoms with Crippen molar-refractivity contribution >= 4 is 5.91 Å². The Bertz CT molecular complexity index is 263. The summed E-state index contributed by atoms with van der Waals surface area (Å²) >= 11 is 0. The molecule has 2 aliphatic rings. The van der Waals surface area contributed by atoms with E-state index in [-0.39, 0.29) is 0 Å². The van der Waals surface area contributed by atoms with Crippen molar-refractivity contribution in [1.29, 1.82) is 0 Å². The second kappa shape index (κ2) is 5.85. The molecule has 17 heavy (non-hydrogen) atoms. The van der Waals surface area contributed by atoms with Gasteiger partial charge >= 0.3 is 0 Å². The fourth-order valence-corrected chi connectivity index (χ4v) is 3.32. The minimum atomic E-state index is 0.329. The smallest absolute Gasteiger partial charge is 0.225 e. The Kier molecular flexibility index (Phi) is 4.43. The Morgan fingerprint density at radius 2 is 1.88 bits per heavy atom. The van der Waals surface area contributed by atoms with E-state index in [4.69, 9.17) is 5.73 Å². The fraction of sp³-hybridized carbons (Fsp3) is 0.929. The van der Waals surface area contributed by atoms with Crippen LogP contribution in [0.1, 0.15) is 51.9 Å². The van der Waals surface area contributed by atoms with Crippen molar-refractivity contribution < 1.29 is 4.79 Å². The fourth-order valence-electron chi connectivity index (χ4n) is 3.32. The lowest BCUT2D eigenvalue weighted by atomic mass is 9.80. The molecule has 2 unspecified atom stereocenters. The third kappa shape index (κ3) is 2.65. The van der Waals surface area contributed by atoms with Gasteiger partial charge in [-0.2, -0.15) is 0 Å². The molecule has 0 aliphatic heterocycles. The maximum atomic E-state index is 12.4. The molecule has 2 atom stereocenters. The highest BCUT2D eigenvalue weighted by atomic mass is 16.2. The molecule has 2 rings (SSSR count). The van der Waals surface area contributed by atoms with Crippen molar-refractivity contribution in [2.24, 2.45) is 17.6 Å². The van der Waals surface area contributed by atoms with Crippen LogP contribution in [-0.4, -0.2) is 29.9 Å². The van der Waals surface area contributed by atoms with Gasteiger partial charge in [0.15, 0.2) is 0 Å². The summed E-state index contributed by atoms with van der Waals surface area (Å²) < 4.78 is 0. The van der Waals surface area contributed by atoms with Crippen LogP contribution in [0.5, 0.6) is 0 Å². The number of amides is 1. The Balaban J connectivity index is 2.01. The molecule has 0 radical (unpaired) electrons. The first-order valence-electron chi connectivity index (χ1n) is 7.28.